The average molecular weight is 452 g/mol. The van der Waals surface area contributed by atoms with Crippen molar-refractivity contribution >= 4 is 11.8 Å². The molecule has 0 saturated carbocycles. The molecule has 2 saturated heterocycles. The lowest BCUT2D eigenvalue weighted by Crippen LogP contribution is -2.66. The van der Waals surface area contributed by atoms with E-state index in [1.807, 2.05) is 0 Å². The number of fused-ring (bicyclic) bond motifs is 1. The van der Waals surface area contributed by atoms with Crippen LogP contribution in [0.5, 0.6) is 0 Å². The van der Waals surface area contributed by atoms with E-state index in [-0.39, 0.29) is 31.6 Å². The Morgan fingerprint density at radius 2 is 1.81 bits per heavy atom. The highest BCUT2D eigenvalue weighted by atomic mass is 19.4. The lowest BCUT2D eigenvalue weighted by atomic mass is 10.0. The van der Waals surface area contributed by atoms with Crippen LogP contribution in [0.25, 0.3) is 11.3 Å². The number of aromatic nitrogens is 1. The molecule has 11 heteroatoms. The molecule has 2 atom stereocenters. The van der Waals surface area contributed by atoms with Crippen LogP contribution in [0.2, 0.25) is 0 Å². The van der Waals surface area contributed by atoms with Crippen LogP contribution in [0.3, 0.4) is 0 Å². The smallest absolute Gasteiger partial charge is 0.426 e. The zero-order valence-corrected chi connectivity index (χ0v) is 17.4. The number of piperazine rings is 2. The summed E-state index contributed by atoms with van der Waals surface area (Å²) >= 11 is 0. The lowest BCUT2D eigenvalue weighted by molar-refractivity contribution is -0.251. The van der Waals surface area contributed by atoms with Crippen LogP contribution < -0.4 is 0 Å². The summed E-state index contributed by atoms with van der Waals surface area (Å²) in [5, 5.41) is 9.75. The van der Waals surface area contributed by atoms with Gasteiger partial charge < -0.3 is 19.3 Å². The van der Waals surface area contributed by atoms with Crippen molar-refractivity contribution in [3.05, 3.63) is 42.4 Å². The van der Waals surface area contributed by atoms with Crippen molar-refractivity contribution < 1.29 is 32.3 Å². The third-order valence-corrected chi connectivity index (χ3v) is 6.06. The fraction of sp³-hybridized carbons (Fsp3) is 0.476. The van der Waals surface area contributed by atoms with Crippen LogP contribution in [0, 0.1) is 0 Å². The zero-order valence-electron chi connectivity index (χ0n) is 17.4. The maximum atomic E-state index is 13.1. The minimum absolute atomic E-state index is 0.00689. The first kappa shape index (κ1) is 22.3. The van der Waals surface area contributed by atoms with Gasteiger partial charge in [-0.25, -0.2) is 4.98 Å². The Morgan fingerprint density at radius 3 is 2.47 bits per heavy atom. The maximum Gasteiger partial charge on any atom is 0.426 e. The van der Waals surface area contributed by atoms with Gasteiger partial charge in [0.15, 0.2) is 12.2 Å². The molecule has 1 aromatic carbocycles. The number of halogens is 3. The molecule has 2 unspecified atom stereocenters. The first-order chi connectivity index (χ1) is 15.1. The number of carbonyl (C=O) groups excluding carboxylic acids is 2. The average Bonchev–Trinajstić information content (AvgIpc) is 3.31. The number of carbonyl (C=O) groups is 2. The highest BCUT2D eigenvalue weighted by Crippen LogP contribution is 2.32. The lowest BCUT2D eigenvalue weighted by Gasteiger charge is -2.48. The number of hydrogen-bond acceptors (Lipinski definition) is 6. The molecule has 1 aromatic heterocycles. The van der Waals surface area contributed by atoms with Gasteiger partial charge in [0.2, 0.25) is 5.60 Å². The molecule has 2 fully saturated rings. The summed E-state index contributed by atoms with van der Waals surface area (Å²) in [5.41, 5.74) is -2.28. The molecular formula is C21H23F3N4O4. The number of amides is 2. The largest absolute Gasteiger partial charge is 0.444 e. The number of aliphatic hydroxyl groups is 1. The molecule has 172 valence electrons. The van der Waals surface area contributed by atoms with Crippen LogP contribution in [0.1, 0.15) is 17.3 Å². The first-order valence-corrected chi connectivity index (χ1v) is 10.2. The van der Waals surface area contributed by atoms with Gasteiger partial charge in [0.05, 0.1) is 6.20 Å². The van der Waals surface area contributed by atoms with Gasteiger partial charge in [0, 0.05) is 56.4 Å². The summed E-state index contributed by atoms with van der Waals surface area (Å²) < 4.78 is 44.5. The van der Waals surface area contributed by atoms with Crippen LogP contribution in [-0.2, 0) is 4.79 Å². The predicted molar refractivity (Wildman–Crippen MR) is 106 cm³/mol. The highest BCUT2D eigenvalue weighted by molar-refractivity contribution is 5.95. The van der Waals surface area contributed by atoms with E-state index in [9.17, 15) is 27.9 Å². The van der Waals surface area contributed by atoms with Gasteiger partial charge in [0.1, 0.15) is 0 Å². The fourth-order valence-electron chi connectivity index (χ4n) is 4.10. The van der Waals surface area contributed by atoms with Crippen LogP contribution in [0.4, 0.5) is 13.2 Å². The summed E-state index contributed by atoms with van der Waals surface area (Å²) in [7, 11) is 0. The van der Waals surface area contributed by atoms with Gasteiger partial charge in [-0.3, -0.25) is 14.5 Å². The second-order valence-electron chi connectivity index (χ2n) is 8.21. The van der Waals surface area contributed by atoms with E-state index >= 15 is 0 Å². The van der Waals surface area contributed by atoms with Crippen molar-refractivity contribution in [1.29, 1.82) is 0 Å². The van der Waals surface area contributed by atoms with Gasteiger partial charge in [-0.2, -0.15) is 13.2 Å². The number of hydrogen-bond donors (Lipinski definition) is 1. The summed E-state index contributed by atoms with van der Waals surface area (Å²) in [5.74, 6) is -1.05. The second-order valence-corrected chi connectivity index (χ2v) is 8.21. The van der Waals surface area contributed by atoms with Crippen LogP contribution in [0.15, 0.2) is 41.3 Å². The maximum absolute atomic E-state index is 13.1. The molecule has 0 aliphatic carbocycles. The number of benzene rings is 1. The van der Waals surface area contributed by atoms with E-state index in [2.05, 4.69) is 9.88 Å². The molecule has 0 radical (unpaired) electrons. The molecule has 2 aromatic rings. The van der Waals surface area contributed by atoms with Gasteiger partial charge in [0.25, 0.3) is 11.8 Å². The third kappa shape index (κ3) is 4.09. The zero-order chi connectivity index (χ0) is 23.1. The van der Waals surface area contributed by atoms with E-state index in [1.54, 1.807) is 35.4 Å². The Morgan fingerprint density at radius 1 is 1.12 bits per heavy atom. The van der Waals surface area contributed by atoms with E-state index in [4.69, 9.17) is 4.42 Å². The third-order valence-electron chi connectivity index (χ3n) is 6.06. The Labute approximate surface area is 182 Å². The quantitative estimate of drug-likeness (QED) is 0.762. The SMILES string of the molecule is CC(O)(C(=O)N1CCN2CCN(C(=O)c3cccc(-c4cnco4)c3)CC2C1)C(F)(F)F. The highest BCUT2D eigenvalue weighted by Gasteiger charge is 2.57. The fourth-order valence-corrected chi connectivity index (χ4v) is 4.10. The molecule has 3 heterocycles. The van der Waals surface area contributed by atoms with Crippen LogP contribution in [-0.4, -0.2) is 93.7 Å². The van der Waals surface area contributed by atoms with Crippen molar-refractivity contribution in [2.75, 3.05) is 39.3 Å². The number of rotatable bonds is 3. The summed E-state index contributed by atoms with van der Waals surface area (Å²) in [6.45, 7) is 2.24. The Hall–Kier alpha value is -2.92. The van der Waals surface area contributed by atoms with Crippen molar-refractivity contribution in [3.8, 4) is 11.3 Å². The van der Waals surface area contributed by atoms with E-state index < -0.39 is 17.7 Å². The Balaban J connectivity index is 1.46. The Bertz CT molecular complexity index is 993. The molecule has 2 aliphatic rings. The molecule has 32 heavy (non-hydrogen) atoms. The van der Waals surface area contributed by atoms with Crippen molar-refractivity contribution in [2.24, 2.45) is 0 Å². The summed E-state index contributed by atoms with van der Waals surface area (Å²) in [6, 6.07) is 6.61. The molecule has 2 amide bonds. The molecule has 0 bridgehead atoms. The van der Waals surface area contributed by atoms with Crippen LogP contribution >= 0.6 is 0 Å². The molecule has 2 aliphatic heterocycles. The topological polar surface area (TPSA) is 90.1 Å². The van der Waals surface area contributed by atoms with Gasteiger partial charge in [-0.05, 0) is 19.1 Å². The van der Waals surface area contributed by atoms with Gasteiger partial charge in [-0.15, -0.1) is 0 Å². The second kappa shape index (κ2) is 8.21. The number of alkyl halides is 3. The number of oxazole rings is 1. The molecule has 1 N–H and O–H groups in total. The molecule has 4 rings (SSSR count). The predicted octanol–water partition coefficient (Wildman–Crippen LogP) is 1.62. The normalized spacial score (nSPS) is 21.7. The minimum atomic E-state index is -5.07. The summed E-state index contributed by atoms with van der Waals surface area (Å²) in [4.78, 5) is 34.1. The van der Waals surface area contributed by atoms with Crippen molar-refractivity contribution in [1.82, 2.24) is 19.7 Å². The van der Waals surface area contributed by atoms with E-state index in [0.717, 1.165) is 4.90 Å². The minimum Gasteiger partial charge on any atom is -0.444 e. The molecule has 0 spiro atoms. The van der Waals surface area contributed by atoms with Gasteiger partial charge >= 0.3 is 6.18 Å². The van der Waals surface area contributed by atoms with E-state index in [0.29, 0.717) is 43.4 Å². The van der Waals surface area contributed by atoms with Crippen molar-refractivity contribution in [3.63, 3.8) is 0 Å². The molecular weight excluding hydrogens is 429 g/mol. The molecule has 8 nitrogen and oxygen atoms in total. The first-order valence-electron chi connectivity index (χ1n) is 10.2. The standard InChI is InChI=1S/C21H23F3N4O4/c1-20(31,21(22,23)24)19(30)28-8-6-26-5-7-27(11-16(26)12-28)18(29)15-4-2-3-14(9-15)17-10-25-13-32-17/h2-4,9-10,13,16,31H,5-8,11-12H2,1H3. The summed E-state index contributed by atoms with van der Waals surface area (Å²) in [6.07, 6.45) is -2.22. The van der Waals surface area contributed by atoms with Crippen molar-refractivity contribution in [2.45, 2.75) is 24.7 Å². The van der Waals surface area contributed by atoms with E-state index in [1.165, 1.54) is 6.39 Å². The van der Waals surface area contributed by atoms with Gasteiger partial charge in [-0.1, -0.05) is 12.1 Å². The Kier molecular flexibility index (Phi) is 5.72. The monoisotopic (exact) mass is 452 g/mol. The number of nitrogens with zero attached hydrogens (tertiary/aromatic N) is 4.